The number of nitrogens with one attached hydrogen (secondary N) is 2. The number of ether oxygens (including phenoxy) is 2. The van der Waals surface area contributed by atoms with Gasteiger partial charge in [-0.15, -0.1) is 0 Å². The molecule has 2 fully saturated rings. The summed E-state index contributed by atoms with van der Waals surface area (Å²) in [7, 11) is 0. The van der Waals surface area contributed by atoms with Crippen molar-refractivity contribution in [3.63, 3.8) is 0 Å². The summed E-state index contributed by atoms with van der Waals surface area (Å²) in [5.41, 5.74) is 2.67. The summed E-state index contributed by atoms with van der Waals surface area (Å²) in [6, 6.07) is 20.5. The number of nitrogens with zero attached hydrogens (tertiary/aromatic N) is 3. The minimum absolute atomic E-state index is 0.291. The largest absolute Gasteiger partial charge is 0.457 e. The molecular formula is C32H26FN5O4. The molecular weight excluding hydrogens is 537 g/mol. The van der Waals surface area contributed by atoms with Gasteiger partial charge in [0.15, 0.2) is 0 Å². The van der Waals surface area contributed by atoms with Crippen molar-refractivity contribution in [2.45, 2.75) is 18.9 Å². The smallest absolute Gasteiger partial charge is 0.240 e. The number of fused-ring (bicyclic) bond motifs is 1. The van der Waals surface area contributed by atoms with Crippen LogP contribution < -0.4 is 15.4 Å². The number of pyridine rings is 1. The highest BCUT2D eigenvalue weighted by molar-refractivity contribution is 6.16. The van der Waals surface area contributed by atoms with Crippen LogP contribution in [0.1, 0.15) is 18.9 Å². The minimum atomic E-state index is -1.14. The van der Waals surface area contributed by atoms with Crippen molar-refractivity contribution in [1.29, 1.82) is 0 Å². The van der Waals surface area contributed by atoms with Crippen molar-refractivity contribution < 1.29 is 23.5 Å². The second-order valence-corrected chi connectivity index (χ2v) is 10.6. The van der Waals surface area contributed by atoms with E-state index in [1.165, 1.54) is 24.3 Å². The Morgan fingerprint density at radius 1 is 0.905 bits per heavy atom. The Kier molecular flexibility index (Phi) is 6.39. The first-order chi connectivity index (χ1) is 20.5. The van der Waals surface area contributed by atoms with Crippen LogP contribution in [0.25, 0.3) is 22.0 Å². The molecule has 1 aliphatic carbocycles. The van der Waals surface area contributed by atoms with Gasteiger partial charge in [0.25, 0.3) is 0 Å². The SMILES string of the molecule is O=C(Nc1ccc(F)cc1)C1(C(=O)Nc2ccc(Oc3ccnc4cc(-c5cnn(C6COC6)c5)ccc34)cc2)CC1. The zero-order chi connectivity index (χ0) is 28.7. The molecule has 0 radical (unpaired) electrons. The van der Waals surface area contributed by atoms with Crippen molar-refractivity contribution in [3.05, 3.63) is 97.2 Å². The van der Waals surface area contributed by atoms with E-state index in [2.05, 4.69) is 20.7 Å². The molecule has 7 rings (SSSR count). The van der Waals surface area contributed by atoms with Crippen LogP contribution in [0.15, 0.2) is 91.4 Å². The van der Waals surface area contributed by atoms with Crippen molar-refractivity contribution in [3.8, 4) is 22.6 Å². The molecule has 2 aromatic heterocycles. The highest BCUT2D eigenvalue weighted by Crippen LogP contribution is 2.47. The monoisotopic (exact) mass is 563 g/mol. The number of carbonyl (C=O) groups excluding carboxylic acids is 2. The summed E-state index contributed by atoms with van der Waals surface area (Å²) in [4.78, 5) is 30.4. The average Bonchev–Trinajstić information content (AvgIpc) is 3.66. The second-order valence-electron chi connectivity index (χ2n) is 10.6. The van der Waals surface area contributed by atoms with Gasteiger partial charge in [-0.2, -0.15) is 5.10 Å². The number of rotatable bonds is 8. The summed E-state index contributed by atoms with van der Waals surface area (Å²) < 4.78 is 26.6. The summed E-state index contributed by atoms with van der Waals surface area (Å²) in [6.45, 7) is 1.37. The maximum absolute atomic E-state index is 13.2. The molecule has 10 heteroatoms. The Balaban J connectivity index is 1.02. The Hall–Kier alpha value is -5.09. The lowest BCUT2D eigenvalue weighted by atomic mass is 10.0. The van der Waals surface area contributed by atoms with E-state index in [0.717, 1.165) is 22.0 Å². The highest BCUT2D eigenvalue weighted by atomic mass is 19.1. The lowest BCUT2D eigenvalue weighted by Gasteiger charge is -2.25. The highest BCUT2D eigenvalue weighted by Gasteiger charge is 2.56. The van der Waals surface area contributed by atoms with Gasteiger partial charge in [-0.05, 0) is 85.1 Å². The van der Waals surface area contributed by atoms with Gasteiger partial charge in [0.05, 0.1) is 31.0 Å². The molecule has 1 saturated heterocycles. The molecule has 0 spiro atoms. The number of amides is 2. The van der Waals surface area contributed by atoms with E-state index in [9.17, 15) is 14.0 Å². The first-order valence-corrected chi connectivity index (χ1v) is 13.6. The van der Waals surface area contributed by atoms with Crippen LogP contribution in [0.5, 0.6) is 11.5 Å². The molecule has 5 aromatic rings. The van der Waals surface area contributed by atoms with E-state index in [1.807, 2.05) is 41.3 Å². The lowest BCUT2D eigenvalue weighted by molar-refractivity contribution is -0.131. The van der Waals surface area contributed by atoms with Gasteiger partial charge < -0.3 is 20.1 Å². The molecule has 0 bridgehead atoms. The molecule has 3 aromatic carbocycles. The van der Waals surface area contributed by atoms with Crippen LogP contribution in [0, 0.1) is 11.2 Å². The number of benzene rings is 3. The van der Waals surface area contributed by atoms with E-state index in [0.29, 0.717) is 55.0 Å². The molecule has 2 aliphatic rings. The van der Waals surface area contributed by atoms with Crippen LogP contribution in [0.4, 0.5) is 15.8 Å². The molecule has 3 heterocycles. The van der Waals surface area contributed by atoms with E-state index < -0.39 is 17.1 Å². The molecule has 9 nitrogen and oxygen atoms in total. The van der Waals surface area contributed by atoms with Crippen molar-refractivity contribution in [2.24, 2.45) is 5.41 Å². The predicted molar refractivity (Wildman–Crippen MR) is 155 cm³/mol. The van der Waals surface area contributed by atoms with Crippen LogP contribution >= 0.6 is 0 Å². The van der Waals surface area contributed by atoms with Gasteiger partial charge in [-0.3, -0.25) is 19.3 Å². The Morgan fingerprint density at radius 2 is 1.60 bits per heavy atom. The Morgan fingerprint density at radius 3 is 2.24 bits per heavy atom. The summed E-state index contributed by atoms with van der Waals surface area (Å²) in [5.74, 6) is 0.0633. The lowest BCUT2D eigenvalue weighted by Crippen LogP contribution is -2.35. The van der Waals surface area contributed by atoms with Crippen LogP contribution in [0.3, 0.4) is 0 Å². The maximum atomic E-state index is 13.2. The number of aromatic nitrogens is 3. The van der Waals surface area contributed by atoms with E-state index >= 15 is 0 Å². The Bertz CT molecular complexity index is 1790. The normalized spacial score (nSPS) is 15.5. The van der Waals surface area contributed by atoms with Crippen molar-refractivity contribution >= 4 is 34.1 Å². The molecule has 1 saturated carbocycles. The molecule has 0 unspecified atom stereocenters. The second kappa shape index (κ2) is 10.4. The zero-order valence-corrected chi connectivity index (χ0v) is 22.4. The fourth-order valence-corrected chi connectivity index (χ4v) is 4.90. The Labute approximate surface area is 240 Å². The van der Waals surface area contributed by atoms with Gasteiger partial charge in [-0.25, -0.2) is 4.39 Å². The number of halogens is 1. The summed E-state index contributed by atoms with van der Waals surface area (Å²) >= 11 is 0. The van der Waals surface area contributed by atoms with Crippen LogP contribution in [0.2, 0.25) is 0 Å². The zero-order valence-electron chi connectivity index (χ0n) is 22.4. The van der Waals surface area contributed by atoms with Crippen molar-refractivity contribution in [2.75, 3.05) is 23.8 Å². The molecule has 1 aliphatic heterocycles. The van der Waals surface area contributed by atoms with Crippen LogP contribution in [-0.4, -0.2) is 39.8 Å². The quantitative estimate of drug-likeness (QED) is 0.226. The molecule has 42 heavy (non-hydrogen) atoms. The number of hydrogen-bond acceptors (Lipinski definition) is 6. The third-order valence-electron chi connectivity index (χ3n) is 7.69. The number of carbonyl (C=O) groups is 2. The van der Waals surface area contributed by atoms with Gasteiger partial charge >= 0.3 is 0 Å². The van der Waals surface area contributed by atoms with E-state index in [1.54, 1.807) is 30.5 Å². The average molecular weight is 564 g/mol. The number of hydrogen-bond donors (Lipinski definition) is 2. The fraction of sp³-hybridized carbons (Fsp3) is 0.188. The maximum Gasteiger partial charge on any atom is 0.240 e. The predicted octanol–water partition coefficient (Wildman–Crippen LogP) is 5.96. The van der Waals surface area contributed by atoms with Crippen molar-refractivity contribution in [1.82, 2.24) is 14.8 Å². The number of anilines is 2. The topological polar surface area (TPSA) is 107 Å². The van der Waals surface area contributed by atoms with E-state index in [-0.39, 0.29) is 5.91 Å². The summed E-state index contributed by atoms with van der Waals surface area (Å²) in [5, 5.41) is 10.9. The van der Waals surface area contributed by atoms with Gasteiger partial charge in [0.2, 0.25) is 11.8 Å². The van der Waals surface area contributed by atoms with E-state index in [4.69, 9.17) is 9.47 Å². The molecule has 210 valence electrons. The fourth-order valence-electron chi connectivity index (χ4n) is 4.90. The van der Waals surface area contributed by atoms with Gasteiger partial charge in [0.1, 0.15) is 22.7 Å². The summed E-state index contributed by atoms with van der Waals surface area (Å²) in [6.07, 6.45) is 6.47. The first kappa shape index (κ1) is 25.8. The molecule has 2 N–H and O–H groups in total. The van der Waals surface area contributed by atoms with Gasteiger partial charge in [0, 0.05) is 34.7 Å². The molecule has 2 amide bonds. The third kappa shape index (κ3) is 4.97. The molecule has 0 atom stereocenters. The standard InChI is InChI=1S/C32H26FN5O4/c33-22-2-4-23(5-3-22)36-30(39)32(12-13-32)31(40)37-24-6-8-26(9-7-24)42-29-11-14-34-28-15-20(1-10-27(28)29)21-16-35-38(17-21)25-18-41-19-25/h1-11,14-17,25H,12-13,18-19H2,(H,36,39)(H,37,40). The minimum Gasteiger partial charge on any atom is -0.457 e. The first-order valence-electron chi connectivity index (χ1n) is 13.6. The third-order valence-corrected chi connectivity index (χ3v) is 7.69. The van der Waals surface area contributed by atoms with Gasteiger partial charge in [-0.1, -0.05) is 6.07 Å². The van der Waals surface area contributed by atoms with Crippen LogP contribution in [-0.2, 0) is 14.3 Å².